The minimum absolute atomic E-state index is 0.833. The molecular formula is C10H19N3. The average molecular weight is 181 g/mol. The van der Waals surface area contributed by atoms with E-state index in [1.807, 2.05) is 12.4 Å². The van der Waals surface area contributed by atoms with Crippen LogP contribution in [0.25, 0.3) is 0 Å². The van der Waals surface area contributed by atoms with Crippen LogP contribution in [0.1, 0.15) is 26.6 Å². The van der Waals surface area contributed by atoms with Crippen LogP contribution in [0.2, 0.25) is 0 Å². The van der Waals surface area contributed by atoms with E-state index in [0.29, 0.717) is 0 Å². The summed E-state index contributed by atoms with van der Waals surface area (Å²) in [7, 11) is 0. The average Bonchev–Trinajstić information content (AvgIpc) is 2.49. The van der Waals surface area contributed by atoms with Gasteiger partial charge in [-0.05, 0) is 5.92 Å². The van der Waals surface area contributed by atoms with Crippen molar-refractivity contribution in [2.45, 2.75) is 33.9 Å². The van der Waals surface area contributed by atoms with E-state index in [9.17, 15) is 0 Å². The second-order valence-corrected chi connectivity index (χ2v) is 3.95. The molecule has 0 aromatic carbocycles. The number of hydrogen-bond donors (Lipinski definition) is 1. The first kappa shape index (κ1) is 10.3. The fourth-order valence-electron chi connectivity index (χ4n) is 1.11. The molecule has 1 aliphatic heterocycles. The number of rotatable bonds is 0. The molecule has 0 spiro atoms. The topological polar surface area (TPSA) is 29.9 Å². The highest BCUT2D eigenvalue weighted by Crippen LogP contribution is 1.99. The summed E-state index contributed by atoms with van der Waals surface area (Å²) in [6.45, 7) is 9.56. The van der Waals surface area contributed by atoms with Gasteiger partial charge in [0.15, 0.2) is 0 Å². The van der Waals surface area contributed by atoms with Crippen molar-refractivity contribution in [2.24, 2.45) is 5.92 Å². The zero-order valence-corrected chi connectivity index (χ0v) is 8.75. The molecule has 2 rings (SSSR count). The maximum atomic E-state index is 4.16. The van der Waals surface area contributed by atoms with Gasteiger partial charge in [-0.3, -0.25) is 0 Å². The van der Waals surface area contributed by atoms with E-state index in [2.05, 4.69) is 35.6 Å². The van der Waals surface area contributed by atoms with Crippen molar-refractivity contribution in [1.82, 2.24) is 14.9 Å². The Morgan fingerprint density at radius 2 is 2.15 bits per heavy atom. The van der Waals surface area contributed by atoms with Crippen LogP contribution in [0.15, 0.2) is 12.4 Å². The van der Waals surface area contributed by atoms with Crippen molar-refractivity contribution in [3.05, 3.63) is 18.2 Å². The molecule has 2 heterocycles. The number of aromatic nitrogens is 2. The quantitative estimate of drug-likeness (QED) is 0.659. The van der Waals surface area contributed by atoms with Crippen molar-refractivity contribution in [2.75, 3.05) is 6.54 Å². The fourth-order valence-corrected chi connectivity index (χ4v) is 1.11. The Morgan fingerprint density at radius 3 is 2.77 bits per heavy atom. The van der Waals surface area contributed by atoms with Crippen LogP contribution in [0.4, 0.5) is 0 Å². The summed E-state index contributed by atoms with van der Waals surface area (Å²) in [4.78, 5) is 4.16. The minimum Gasteiger partial charge on any atom is -0.333 e. The smallest absolute Gasteiger partial charge is 0.122 e. The highest BCUT2D eigenvalue weighted by molar-refractivity contribution is 4.94. The highest BCUT2D eigenvalue weighted by Gasteiger charge is 2.05. The molecular weight excluding hydrogens is 162 g/mol. The first-order valence-electron chi connectivity index (χ1n) is 4.91. The predicted molar refractivity (Wildman–Crippen MR) is 54.4 cm³/mol. The maximum Gasteiger partial charge on any atom is 0.122 e. The van der Waals surface area contributed by atoms with Gasteiger partial charge in [0.25, 0.3) is 0 Å². The summed E-state index contributed by atoms with van der Waals surface area (Å²) >= 11 is 0. The number of fused-ring (bicyclic) bond motifs is 1. The molecule has 1 aromatic rings. The van der Waals surface area contributed by atoms with Crippen LogP contribution < -0.4 is 5.32 Å². The third kappa shape index (κ3) is 3.59. The summed E-state index contributed by atoms with van der Waals surface area (Å²) in [6, 6.07) is 0. The lowest BCUT2D eigenvalue weighted by molar-refractivity contribution is 0.505. The van der Waals surface area contributed by atoms with E-state index < -0.39 is 0 Å². The molecule has 1 N–H and O–H groups in total. The van der Waals surface area contributed by atoms with E-state index in [4.69, 9.17) is 0 Å². The number of nitrogens with one attached hydrogen (secondary N) is 1. The second-order valence-electron chi connectivity index (χ2n) is 3.95. The lowest BCUT2D eigenvalue weighted by Crippen LogP contribution is -2.27. The molecule has 3 nitrogen and oxygen atoms in total. The first-order valence-corrected chi connectivity index (χ1v) is 4.91. The normalized spacial score (nSPS) is 14.8. The van der Waals surface area contributed by atoms with Gasteiger partial charge in [0, 0.05) is 25.5 Å². The van der Waals surface area contributed by atoms with E-state index in [1.165, 1.54) is 0 Å². The zero-order chi connectivity index (χ0) is 9.68. The predicted octanol–water partition coefficient (Wildman–Crippen LogP) is 1.65. The van der Waals surface area contributed by atoms with Crippen molar-refractivity contribution < 1.29 is 0 Å². The molecule has 13 heavy (non-hydrogen) atoms. The summed E-state index contributed by atoms with van der Waals surface area (Å²) in [5, 5.41) is 3.24. The zero-order valence-electron chi connectivity index (χ0n) is 8.75. The number of imidazole rings is 1. The lowest BCUT2D eigenvalue weighted by Gasteiger charge is -2.13. The SMILES string of the molecule is CC(C)C.c1cn2c(n1)CNCC2. The largest absolute Gasteiger partial charge is 0.333 e. The number of hydrogen-bond acceptors (Lipinski definition) is 2. The van der Waals surface area contributed by atoms with Gasteiger partial charge in [0.2, 0.25) is 0 Å². The van der Waals surface area contributed by atoms with Crippen LogP contribution in [-0.2, 0) is 13.1 Å². The Labute approximate surface area is 80.2 Å². The molecule has 0 atom stereocenters. The van der Waals surface area contributed by atoms with E-state index >= 15 is 0 Å². The van der Waals surface area contributed by atoms with Crippen LogP contribution in [0.3, 0.4) is 0 Å². The van der Waals surface area contributed by atoms with E-state index in [0.717, 1.165) is 31.4 Å². The fraction of sp³-hybridized carbons (Fsp3) is 0.700. The standard InChI is InChI=1S/C6H9N3.C4H10/c1-3-9-4-2-8-6(9)5-7-1;1-4(2)3/h2,4,7H,1,3,5H2;4H,1-3H3. The second kappa shape index (κ2) is 5.02. The molecule has 0 saturated carbocycles. The summed E-state index contributed by atoms with van der Waals surface area (Å²) in [5.74, 6) is 1.99. The third-order valence-electron chi connectivity index (χ3n) is 1.61. The Morgan fingerprint density at radius 1 is 1.46 bits per heavy atom. The van der Waals surface area contributed by atoms with Crippen molar-refractivity contribution in [1.29, 1.82) is 0 Å². The Hall–Kier alpha value is -0.830. The molecule has 0 radical (unpaired) electrons. The van der Waals surface area contributed by atoms with Crippen molar-refractivity contribution in [3.63, 3.8) is 0 Å². The van der Waals surface area contributed by atoms with Crippen molar-refractivity contribution in [3.8, 4) is 0 Å². The molecule has 1 aliphatic rings. The van der Waals surface area contributed by atoms with Crippen LogP contribution in [0, 0.1) is 5.92 Å². The van der Waals surface area contributed by atoms with Crippen LogP contribution in [-0.4, -0.2) is 16.1 Å². The molecule has 0 fully saturated rings. The van der Waals surface area contributed by atoms with Gasteiger partial charge in [0.1, 0.15) is 5.82 Å². The van der Waals surface area contributed by atoms with Gasteiger partial charge in [-0.25, -0.2) is 4.98 Å². The molecule has 3 heteroatoms. The maximum absolute atomic E-state index is 4.16. The summed E-state index contributed by atoms with van der Waals surface area (Å²) in [6.07, 6.45) is 3.87. The van der Waals surface area contributed by atoms with Gasteiger partial charge in [-0.15, -0.1) is 0 Å². The van der Waals surface area contributed by atoms with Gasteiger partial charge < -0.3 is 9.88 Å². The number of nitrogens with zero attached hydrogens (tertiary/aromatic N) is 2. The molecule has 0 unspecified atom stereocenters. The van der Waals surface area contributed by atoms with Gasteiger partial charge >= 0.3 is 0 Å². The Bertz CT molecular complexity index is 217. The van der Waals surface area contributed by atoms with Crippen molar-refractivity contribution >= 4 is 0 Å². The first-order chi connectivity index (χ1) is 6.20. The highest BCUT2D eigenvalue weighted by atomic mass is 15.1. The lowest BCUT2D eigenvalue weighted by atomic mass is 10.3. The van der Waals surface area contributed by atoms with E-state index in [-0.39, 0.29) is 0 Å². The Balaban J connectivity index is 0.000000184. The minimum atomic E-state index is 0.833. The summed E-state index contributed by atoms with van der Waals surface area (Å²) in [5.41, 5.74) is 0. The van der Waals surface area contributed by atoms with Crippen LogP contribution >= 0.6 is 0 Å². The van der Waals surface area contributed by atoms with Gasteiger partial charge in [-0.1, -0.05) is 20.8 Å². The molecule has 74 valence electrons. The van der Waals surface area contributed by atoms with Gasteiger partial charge in [0.05, 0.1) is 6.54 Å². The summed E-state index contributed by atoms with van der Waals surface area (Å²) < 4.78 is 2.18. The molecule has 1 aromatic heterocycles. The molecule has 0 saturated heterocycles. The molecule has 0 amide bonds. The monoisotopic (exact) mass is 181 g/mol. The van der Waals surface area contributed by atoms with Crippen LogP contribution in [0.5, 0.6) is 0 Å². The third-order valence-corrected chi connectivity index (χ3v) is 1.61. The molecule has 0 aliphatic carbocycles. The van der Waals surface area contributed by atoms with Gasteiger partial charge in [-0.2, -0.15) is 0 Å². The molecule has 0 bridgehead atoms. The van der Waals surface area contributed by atoms with E-state index in [1.54, 1.807) is 0 Å². The Kier molecular flexibility index (Phi) is 3.96.